The summed E-state index contributed by atoms with van der Waals surface area (Å²) in [6.45, 7) is 5.00. The Balaban J connectivity index is 2.60. The lowest BCUT2D eigenvalue weighted by molar-refractivity contribution is -0.143. The maximum absolute atomic E-state index is 10.8. The summed E-state index contributed by atoms with van der Waals surface area (Å²) in [7, 11) is 0. The van der Waals surface area contributed by atoms with Gasteiger partial charge in [-0.3, -0.25) is 9.69 Å². The van der Waals surface area contributed by atoms with Crippen molar-refractivity contribution in [3.63, 3.8) is 0 Å². The smallest absolute Gasteiger partial charge is 0.321 e. The molecule has 1 heterocycles. The van der Waals surface area contributed by atoms with Crippen molar-refractivity contribution < 1.29 is 9.90 Å². The lowest BCUT2D eigenvalue weighted by Gasteiger charge is -2.35. The second-order valence-corrected chi connectivity index (χ2v) is 4.41. The first-order valence-corrected chi connectivity index (χ1v) is 5.34. The highest BCUT2D eigenvalue weighted by molar-refractivity contribution is 7.99. The molecule has 1 aliphatic rings. The Morgan fingerprint density at radius 3 is 2.75 bits per heavy atom. The van der Waals surface area contributed by atoms with Crippen molar-refractivity contribution in [1.29, 1.82) is 0 Å². The molecule has 1 N–H and O–H groups in total. The van der Waals surface area contributed by atoms with Gasteiger partial charge in [0.1, 0.15) is 6.04 Å². The molecule has 1 atom stereocenters. The van der Waals surface area contributed by atoms with E-state index < -0.39 is 5.97 Å². The molecule has 4 heteroatoms. The second-order valence-electron chi connectivity index (χ2n) is 3.26. The van der Waals surface area contributed by atoms with Crippen molar-refractivity contribution in [3.05, 3.63) is 0 Å². The highest BCUT2D eigenvalue weighted by atomic mass is 32.2. The van der Waals surface area contributed by atoms with E-state index in [0.29, 0.717) is 6.04 Å². The molecule has 1 rings (SSSR count). The number of carboxylic acids is 1. The zero-order chi connectivity index (χ0) is 9.14. The van der Waals surface area contributed by atoms with Crippen LogP contribution in [0.2, 0.25) is 0 Å². The minimum Gasteiger partial charge on any atom is -0.480 e. The summed E-state index contributed by atoms with van der Waals surface area (Å²) in [6, 6.07) is 0.0655. The van der Waals surface area contributed by atoms with Gasteiger partial charge in [0.15, 0.2) is 0 Å². The maximum atomic E-state index is 10.8. The molecule has 0 aromatic heterocycles. The van der Waals surface area contributed by atoms with Crippen LogP contribution in [0, 0.1) is 0 Å². The van der Waals surface area contributed by atoms with Crippen LogP contribution in [0.4, 0.5) is 0 Å². The molecular formula is C8H15NO2S. The van der Waals surface area contributed by atoms with Gasteiger partial charge >= 0.3 is 5.97 Å². The van der Waals surface area contributed by atoms with E-state index in [9.17, 15) is 4.79 Å². The van der Waals surface area contributed by atoms with E-state index in [2.05, 4.69) is 4.90 Å². The standard InChI is InChI=1S/C8H15NO2S/c1-6(2)9-3-4-12-5-7(9)8(10)11/h6-7H,3-5H2,1-2H3,(H,10,11). The highest BCUT2D eigenvalue weighted by Gasteiger charge is 2.29. The van der Waals surface area contributed by atoms with Crippen LogP contribution in [0.5, 0.6) is 0 Å². The fourth-order valence-corrected chi connectivity index (χ4v) is 2.51. The van der Waals surface area contributed by atoms with Gasteiger partial charge in [-0.25, -0.2) is 0 Å². The summed E-state index contributed by atoms with van der Waals surface area (Å²) in [5.74, 6) is 1.10. The maximum Gasteiger partial charge on any atom is 0.321 e. The summed E-state index contributed by atoms with van der Waals surface area (Å²) in [4.78, 5) is 12.9. The fourth-order valence-electron chi connectivity index (χ4n) is 1.45. The third-order valence-corrected chi connectivity index (χ3v) is 3.14. The van der Waals surface area contributed by atoms with Crippen molar-refractivity contribution >= 4 is 17.7 Å². The lowest BCUT2D eigenvalue weighted by atomic mass is 10.2. The van der Waals surface area contributed by atoms with Crippen LogP contribution in [0.25, 0.3) is 0 Å². The van der Waals surface area contributed by atoms with Crippen LogP contribution in [0.1, 0.15) is 13.8 Å². The molecule has 1 fully saturated rings. The van der Waals surface area contributed by atoms with E-state index in [1.54, 1.807) is 11.8 Å². The predicted octanol–water partition coefficient (Wildman–Crippen LogP) is 0.897. The minimum atomic E-state index is -0.684. The largest absolute Gasteiger partial charge is 0.480 e. The summed E-state index contributed by atoms with van der Waals surface area (Å²) < 4.78 is 0. The van der Waals surface area contributed by atoms with Crippen molar-refractivity contribution in [2.45, 2.75) is 25.9 Å². The van der Waals surface area contributed by atoms with Gasteiger partial charge in [0, 0.05) is 24.1 Å². The predicted molar refractivity (Wildman–Crippen MR) is 50.6 cm³/mol. The highest BCUT2D eigenvalue weighted by Crippen LogP contribution is 2.18. The van der Waals surface area contributed by atoms with Crippen LogP contribution in [-0.4, -0.2) is 46.1 Å². The third-order valence-electron chi connectivity index (χ3n) is 2.12. The number of rotatable bonds is 2. The molecule has 70 valence electrons. The molecule has 1 aliphatic heterocycles. The molecule has 1 unspecified atom stereocenters. The van der Waals surface area contributed by atoms with E-state index in [1.165, 1.54) is 0 Å². The number of carbonyl (C=O) groups is 1. The van der Waals surface area contributed by atoms with E-state index >= 15 is 0 Å². The second kappa shape index (κ2) is 4.14. The molecule has 0 aliphatic carbocycles. The number of hydrogen-bond acceptors (Lipinski definition) is 3. The Morgan fingerprint density at radius 2 is 2.33 bits per heavy atom. The van der Waals surface area contributed by atoms with Gasteiger partial charge in [-0.1, -0.05) is 0 Å². The van der Waals surface area contributed by atoms with Crippen molar-refractivity contribution in [1.82, 2.24) is 4.90 Å². The van der Waals surface area contributed by atoms with Crippen LogP contribution in [-0.2, 0) is 4.79 Å². The van der Waals surface area contributed by atoms with Crippen LogP contribution >= 0.6 is 11.8 Å². The van der Waals surface area contributed by atoms with Gasteiger partial charge in [-0.2, -0.15) is 11.8 Å². The van der Waals surface area contributed by atoms with Crippen LogP contribution < -0.4 is 0 Å². The Hall–Kier alpha value is -0.220. The number of carboxylic acid groups (broad SMARTS) is 1. The first-order valence-electron chi connectivity index (χ1n) is 4.19. The van der Waals surface area contributed by atoms with Crippen LogP contribution in [0.3, 0.4) is 0 Å². The molecular weight excluding hydrogens is 174 g/mol. The van der Waals surface area contributed by atoms with Crippen LogP contribution in [0.15, 0.2) is 0 Å². The monoisotopic (exact) mass is 189 g/mol. The lowest BCUT2D eigenvalue weighted by Crippen LogP contribution is -2.50. The average Bonchev–Trinajstić information content (AvgIpc) is 2.04. The zero-order valence-electron chi connectivity index (χ0n) is 7.49. The number of hydrogen-bond donors (Lipinski definition) is 1. The number of nitrogens with zero attached hydrogens (tertiary/aromatic N) is 1. The van der Waals surface area contributed by atoms with Gasteiger partial charge in [-0.15, -0.1) is 0 Å². The molecule has 0 bridgehead atoms. The Kier molecular flexibility index (Phi) is 3.40. The normalized spacial score (nSPS) is 26.1. The van der Waals surface area contributed by atoms with Crippen molar-refractivity contribution in [2.75, 3.05) is 18.1 Å². The van der Waals surface area contributed by atoms with Crippen molar-refractivity contribution in [2.24, 2.45) is 0 Å². The third kappa shape index (κ3) is 2.14. The van der Waals surface area contributed by atoms with E-state index in [0.717, 1.165) is 18.1 Å². The zero-order valence-corrected chi connectivity index (χ0v) is 8.30. The number of aliphatic carboxylic acids is 1. The Bertz CT molecular complexity index is 172. The van der Waals surface area contributed by atoms with E-state index in [4.69, 9.17) is 5.11 Å². The van der Waals surface area contributed by atoms with Gasteiger partial charge in [0.2, 0.25) is 0 Å². The topological polar surface area (TPSA) is 40.5 Å². The first kappa shape index (κ1) is 9.86. The summed E-state index contributed by atoms with van der Waals surface area (Å²) in [5.41, 5.74) is 0. The minimum absolute atomic E-state index is 0.274. The summed E-state index contributed by atoms with van der Waals surface area (Å²) in [5, 5.41) is 8.90. The van der Waals surface area contributed by atoms with Gasteiger partial charge in [-0.05, 0) is 13.8 Å². The first-order chi connectivity index (χ1) is 5.63. The molecule has 3 nitrogen and oxygen atoms in total. The van der Waals surface area contributed by atoms with E-state index in [-0.39, 0.29) is 6.04 Å². The molecule has 0 radical (unpaired) electrons. The molecule has 0 aromatic carbocycles. The van der Waals surface area contributed by atoms with Gasteiger partial charge in [0.25, 0.3) is 0 Å². The molecule has 0 aromatic rings. The Morgan fingerprint density at radius 1 is 1.67 bits per heavy atom. The molecule has 12 heavy (non-hydrogen) atoms. The van der Waals surface area contributed by atoms with Gasteiger partial charge in [0.05, 0.1) is 0 Å². The summed E-state index contributed by atoms with van der Waals surface area (Å²) >= 11 is 1.73. The van der Waals surface area contributed by atoms with Crippen molar-refractivity contribution in [3.8, 4) is 0 Å². The fraction of sp³-hybridized carbons (Fsp3) is 0.875. The molecule has 1 saturated heterocycles. The quantitative estimate of drug-likeness (QED) is 0.700. The molecule has 0 saturated carbocycles. The molecule has 0 spiro atoms. The SMILES string of the molecule is CC(C)N1CCSCC1C(=O)O. The number of thioether (sulfide) groups is 1. The molecule has 0 amide bonds. The average molecular weight is 189 g/mol. The summed E-state index contributed by atoms with van der Waals surface area (Å²) in [6.07, 6.45) is 0. The van der Waals surface area contributed by atoms with Gasteiger partial charge < -0.3 is 5.11 Å². The van der Waals surface area contributed by atoms with E-state index in [1.807, 2.05) is 13.8 Å². The Labute approximate surface area is 77.1 Å².